The molecule has 0 saturated carbocycles. The van der Waals surface area contributed by atoms with Crippen molar-refractivity contribution in [2.75, 3.05) is 19.2 Å². The van der Waals surface area contributed by atoms with Crippen LogP contribution in [0.25, 0.3) is 6.08 Å². The van der Waals surface area contributed by atoms with Crippen LogP contribution in [0.2, 0.25) is 0 Å². The number of nitrogens with one attached hydrogen (secondary N) is 1. The van der Waals surface area contributed by atoms with Gasteiger partial charge in [-0.1, -0.05) is 34.1 Å². The highest BCUT2D eigenvalue weighted by molar-refractivity contribution is 9.10. The van der Waals surface area contributed by atoms with E-state index in [1.54, 1.807) is 36.4 Å². The minimum atomic E-state index is -0.462. The molecule has 1 aliphatic rings. The number of halogens is 1. The number of anilines is 1. The number of hydrogen-bond acceptors (Lipinski definition) is 4. The summed E-state index contributed by atoms with van der Waals surface area (Å²) < 4.78 is 11.2. The van der Waals surface area contributed by atoms with Crippen LogP contribution in [-0.4, -0.2) is 26.0 Å². The number of hydrazine groups is 1. The van der Waals surface area contributed by atoms with Gasteiger partial charge in [-0.25, -0.2) is 5.01 Å². The van der Waals surface area contributed by atoms with Crippen molar-refractivity contribution in [1.29, 1.82) is 0 Å². The predicted molar refractivity (Wildman–Crippen MR) is 97.3 cm³/mol. The van der Waals surface area contributed by atoms with Crippen molar-refractivity contribution in [3.05, 3.63) is 58.1 Å². The lowest BCUT2D eigenvalue weighted by molar-refractivity contribution is -0.117. The Labute approximate surface area is 153 Å². The zero-order valence-electron chi connectivity index (χ0n) is 13.6. The summed E-state index contributed by atoms with van der Waals surface area (Å²) in [5.74, 6) is 0.168. The molecule has 1 heterocycles. The van der Waals surface area contributed by atoms with Crippen LogP contribution in [0, 0.1) is 0 Å². The summed E-state index contributed by atoms with van der Waals surface area (Å²) >= 11 is 3.42. The predicted octanol–water partition coefficient (Wildman–Crippen LogP) is 2.93. The van der Waals surface area contributed by atoms with E-state index in [0.717, 1.165) is 0 Å². The maximum Gasteiger partial charge on any atom is 0.282 e. The summed E-state index contributed by atoms with van der Waals surface area (Å²) in [7, 11) is 3.06. The third-order valence-corrected chi connectivity index (χ3v) is 4.40. The van der Waals surface area contributed by atoms with E-state index in [1.807, 2.05) is 6.07 Å². The first-order valence-corrected chi connectivity index (χ1v) is 8.18. The topological polar surface area (TPSA) is 67.9 Å². The summed E-state index contributed by atoms with van der Waals surface area (Å²) in [4.78, 5) is 24.9. The van der Waals surface area contributed by atoms with E-state index in [-0.39, 0.29) is 5.57 Å². The number of rotatable bonds is 4. The van der Waals surface area contributed by atoms with E-state index < -0.39 is 11.8 Å². The number of amides is 2. The maximum absolute atomic E-state index is 12.6. The molecular weight excluding hydrogens is 388 g/mol. The number of methoxy groups -OCH3 is 2. The van der Waals surface area contributed by atoms with E-state index in [4.69, 9.17) is 9.47 Å². The van der Waals surface area contributed by atoms with E-state index in [1.165, 1.54) is 25.3 Å². The molecule has 0 aromatic heterocycles. The molecular formula is C18H15BrN2O4. The number of ether oxygens (including phenoxy) is 2. The average Bonchev–Trinajstić information content (AvgIpc) is 2.91. The largest absolute Gasteiger partial charge is 0.493 e. The molecule has 6 nitrogen and oxygen atoms in total. The van der Waals surface area contributed by atoms with Crippen LogP contribution in [0.5, 0.6) is 11.5 Å². The number of nitrogens with zero attached hydrogens (tertiary/aromatic N) is 1. The van der Waals surface area contributed by atoms with Gasteiger partial charge in [-0.2, -0.15) is 0 Å². The van der Waals surface area contributed by atoms with Crippen molar-refractivity contribution in [1.82, 2.24) is 5.43 Å². The second kappa shape index (κ2) is 6.98. The first-order valence-electron chi connectivity index (χ1n) is 7.39. The number of benzene rings is 2. The maximum atomic E-state index is 12.6. The van der Waals surface area contributed by atoms with E-state index in [2.05, 4.69) is 21.4 Å². The van der Waals surface area contributed by atoms with Crippen LogP contribution >= 0.6 is 15.9 Å². The Bertz CT molecular complexity index is 865. The zero-order chi connectivity index (χ0) is 18.0. The number of hydrogen-bond donors (Lipinski definition) is 1. The molecule has 0 radical (unpaired) electrons. The van der Waals surface area contributed by atoms with Crippen LogP contribution in [0.4, 0.5) is 5.69 Å². The quantitative estimate of drug-likeness (QED) is 0.630. The summed E-state index contributed by atoms with van der Waals surface area (Å²) in [6, 6.07) is 12.3. The lowest BCUT2D eigenvalue weighted by Crippen LogP contribution is -2.35. The highest BCUT2D eigenvalue weighted by atomic mass is 79.9. The molecule has 2 aromatic rings. The molecule has 1 aliphatic heterocycles. The van der Waals surface area contributed by atoms with Gasteiger partial charge in [0.25, 0.3) is 11.8 Å². The third-order valence-electron chi connectivity index (χ3n) is 3.71. The Morgan fingerprint density at radius 1 is 1.04 bits per heavy atom. The van der Waals surface area contributed by atoms with Gasteiger partial charge in [0.05, 0.1) is 19.9 Å². The monoisotopic (exact) mass is 402 g/mol. The average molecular weight is 403 g/mol. The fourth-order valence-electron chi connectivity index (χ4n) is 2.45. The van der Waals surface area contributed by atoms with Crippen molar-refractivity contribution in [2.45, 2.75) is 0 Å². The first kappa shape index (κ1) is 17.0. The SMILES string of the molecule is COc1cc(Br)c(/C=C2\C(=O)NN(c3ccccc3)C2=O)cc1OC. The summed E-state index contributed by atoms with van der Waals surface area (Å²) in [6.07, 6.45) is 1.52. The lowest BCUT2D eigenvalue weighted by atomic mass is 10.1. The molecule has 25 heavy (non-hydrogen) atoms. The van der Waals surface area contributed by atoms with Crippen molar-refractivity contribution in [3.63, 3.8) is 0 Å². The van der Waals surface area contributed by atoms with Crippen LogP contribution < -0.4 is 19.9 Å². The Morgan fingerprint density at radius 3 is 2.32 bits per heavy atom. The number of carbonyl (C=O) groups excluding carboxylic acids is 2. The van der Waals surface area contributed by atoms with Crippen molar-refractivity contribution < 1.29 is 19.1 Å². The van der Waals surface area contributed by atoms with Crippen molar-refractivity contribution >= 4 is 39.5 Å². The fraction of sp³-hybridized carbons (Fsp3) is 0.111. The Morgan fingerprint density at radius 2 is 1.68 bits per heavy atom. The van der Waals surface area contributed by atoms with E-state index >= 15 is 0 Å². The van der Waals surface area contributed by atoms with Crippen LogP contribution in [0.3, 0.4) is 0 Å². The van der Waals surface area contributed by atoms with Crippen LogP contribution in [0.1, 0.15) is 5.56 Å². The van der Waals surface area contributed by atoms with Crippen molar-refractivity contribution in [2.24, 2.45) is 0 Å². The fourth-order valence-corrected chi connectivity index (χ4v) is 2.89. The number of carbonyl (C=O) groups is 2. The third kappa shape index (κ3) is 3.23. The highest BCUT2D eigenvalue weighted by Gasteiger charge is 2.34. The Balaban J connectivity index is 1.99. The van der Waals surface area contributed by atoms with Gasteiger partial charge in [-0.15, -0.1) is 0 Å². The molecule has 2 amide bonds. The van der Waals surface area contributed by atoms with Gasteiger partial charge in [0.1, 0.15) is 5.57 Å². The van der Waals surface area contributed by atoms with Gasteiger partial charge >= 0.3 is 0 Å². The molecule has 1 fully saturated rings. The standard InChI is InChI=1S/C18H15BrN2O4/c1-24-15-9-11(14(19)10-16(15)25-2)8-13-17(22)20-21(18(13)23)12-6-4-3-5-7-12/h3-10H,1-2H3,(H,20,22)/b13-8+. The van der Waals surface area contributed by atoms with Gasteiger partial charge in [-0.05, 0) is 35.9 Å². The van der Waals surface area contributed by atoms with Gasteiger partial charge in [0, 0.05) is 4.47 Å². The van der Waals surface area contributed by atoms with Crippen LogP contribution in [0.15, 0.2) is 52.5 Å². The molecule has 0 spiro atoms. The van der Waals surface area contributed by atoms with Gasteiger partial charge in [-0.3, -0.25) is 15.0 Å². The smallest absolute Gasteiger partial charge is 0.282 e. The first-order chi connectivity index (χ1) is 12.0. The number of para-hydroxylation sites is 1. The van der Waals surface area contributed by atoms with Gasteiger partial charge in [0.2, 0.25) is 0 Å². The van der Waals surface area contributed by atoms with Crippen LogP contribution in [-0.2, 0) is 9.59 Å². The molecule has 0 unspecified atom stereocenters. The lowest BCUT2D eigenvalue weighted by Gasteiger charge is -2.14. The van der Waals surface area contributed by atoms with Gasteiger partial charge < -0.3 is 9.47 Å². The summed E-state index contributed by atoms with van der Waals surface area (Å²) in [5.41, 5.74) is 3.83. The molecule has 128 valence electrons. The van der Waals surface area contributed by atoms with E-state index in [9.17, 15) is 9.59 Å². The Hall–Kier alpha value is -2.80. The molecule has 3 rings (SSSR count). The summed E-state index contributed by atoms with van der Waals surface area (Å²) in [5, 5.41) is 1.23. The highest BCUT2D eigenvalue weighted by Crippen LogP contribution is 2.35. The molecule has 0 bridgehead atoms. The second-order valence-corrected chi connectivity index (χ2v) is 6.06. The minimum absolute atomic E-state index is 0.0387. The second-order valence-electron chi connectivity index (χ2n) is 5.20. The molecule has 2 aromatic carbocycles. The molecule has 0 aliphatic carbocycles. The van der Waals surface area contributed by atoms with E-state index in [0.29, 0.717) is 27.2 Å². The molecule has 1 saturated heterocycles. The molecule has 7 heteroatoms. The normalized spacial score (nSPS) is 15.5. The molecule has 1 N–H and O–H groups in total. The zero-order valence-corrected chi connectivity index (χ0v) is 15.2. The molecule has 0 atom stereocenters. The minimum Gasteiger partial charge on any atom is -0.493 e. The van der Waals surface area contributed by atoms with Gasteiger partial charge in [0.15, 0.2) is 11.5 Å². The summed E-state index contributed by atoms with van der Waals surface area (Å²) in [6.45, 7) is 0. The van der Waals surface area contributed by atoms with Crippen molar-refractivity contribution in [3.8, 4) is 11.5 Å². The Kier molecular flexibility index (Phi) is 4.76.